The lowest BCUT2D eigenvalue weighted by Crippen LogP contribution is -2.07. The molecule has 0 atom stereocenters. The summed E-state index contributed by atoms with van der Waals surface area (Å²) in [5.74, 6) is 1.08. The van der Waals surface area contributed by atoms with E-state index in [9.17, 15) is 4.79 Å². The van der Waals surface area contributed by atoms with E-state index in [4.69, 9.17) is 4.52 Å². The number of halogens is 1. The number of rotatable bonds is 6. The van der Waals surface area contributed by atoms with Gasteiger partial charge in [0.2, 0.25) is 0 Å². The van der Waals surface area contributed by atoms with E-state index in [0.717, 1.165) is 35.1 Å². The maximum atomic E-state index is 13.3. The Balaban J connectivity index is 1.73. The van der Waals surface area contributed by atoms with Crippen LogP contribution in [0.25, 0.3) is 0 Å². The first-order chi connectivity index (χ1) is 12.7. The number of aromatic nitrogens is 1. The highest BCUT2D eigenvalue weighted by Crippen LogP contribution is 2.42. The maximum Gasteiger partial charge on any atom is 0.198 e. The zero-order valence-electron chi connectivity index (χ0n) is 14.4. The van der Waals surface area contributed by atoms with Gasteiger partial charge >= 0.3 is 0 Å². The molecule has 1 saturated carbocycles. The Kier molecular flexibility index (Phi) is 5.00. The number of carbonyl (C=O) groups is 1. The van der Waals surface area contributed by atoms with Gasteiger partial charge in [-0.25, -0.2) is 0 Å². The van der Waals surface area contributed by atoms with Crippen molar-refractivity contribution < 1.29 is 9.32 Å². The third-order valence-electron chi connectivity index (χ3n) is 4.68. The van der Waals surface area contributed by atoms with Gasteiger partial charge in [0.1, 0.15) is 0 Å². The summed E-state index contributed by atoms with van der Waals surface area (Å²) in [5, 5.41) is 3.88. The molecule has 1 aliphatic carbocycles. The van der Waals surface area contributed by atoms with Crippen LogP contribution in [0.1, 0.15) is 51.6 Å². The number of ketones is 1. The number of benzene rings is 2. The topological polar surface area (TPSA) is 43.1 Å². The minimum Gasteiger partial charge on any atom is -0.360 e. The number of hydrogen-bond acceptors (Lipinski definition) is 4. The molecule has 0 amide bonds. The monoisotopic (exact) mass is 427 g/mol. The summed E-state index contributed by atoms with van der Waals surface area (Å²) in [4.78, 5) is 14.5. The molecule has 5 heteroatoms. The van der Waals surface area contributed by atoms with Gasteiger partial charge in [-0.2, -0.15) is 0 Å². The van der Waals surface area contributed by atoms with E-state index in [1.54, 1.807) is 18.0 Å². The van der Waals surface area contributed by atoms with E-state index >= 15 is 0 Å². The minimum atomic E-state index is -0.00826. The maximum absolute atomic E-state index is 13.3. The lowest BCUT2D eigenvalue weighted by atomic mass is 9.94. The van der Waals surface area contributed by atoms with E-state index in [2.05, 4.69) is 39.5 Å². The summed E-state index contributed by atoms with van der Waals surface area (Å²) >= 11 is 5.23. The molecule has 0 unspecified atom stereocenters. The average Bonchev–Trinajstić information content (AvgIpc) is 3.39. The largest absolute Gasteiger partial charge is 0.360 e. The summed E-state index contributed by atoms with van der Waals surface area (Å²) in [6.07, 6.45) is 6.50. The van der Waals surface area contributed by atoms with E-state index in [-0.39, 0.29) is 5.78 Å². The van der Waals surface area contributed by atoms with Crippen molar-refractivity contribution in [2.24, 2.45) is 0 Å². The molecule has 1 aromatic heterocycles. The molecule has 26 heavy (non-hydrogen) atoms. The fourth-order valence-electron chi connectivity index (χ4n) is 3.17. The van der Waals surface area contributed by atoms with Gasteiger partial charge in [0, 0.05) is 20.8 Å². The lowest BCUT2D eigenvalue weighted by molar-refractivity contribution is 0.103. The van der Waals surface area contributed by atoms with E-state index in [1.807, 2.05) is 30.3 Å². The van der Waals surface area contributed by atoms with Crippen LogP contribution >= 0.6 is 27.7 Å². The molecule has 1 fully saturated rings. The van der Waals surface area contributed by atoms with Crippen molar-refractivity contribution in [3.8, 4) is 0 Å². The van der Waals surface area contributed by atoms with Crippen LogP contribution in [0.2, 0.25) is 0 Å². The lowest BCUT2D eigenvalue weighted by Gasteiger charge is -2.12. The summed E-state index contributed by atoms with van der Waals surface area (Å²) in [6.45, 7) is 0. The van der Waals surface area contributed by atoms with E-state index in [1.165, 1.54) is 10.5 Å². The van der Waals surface area contributed by atoms with Crippen LogP contribution < -0.4 is 0 Å². The zero-order valence-corrected chi connectivity index (χ0v) is 16.8. The van der Waals surface area contributed by atoms with Gasteiger partial charge in [-0.05, 0) is 54.8 Å². The second-order valence-corrected chi connectivity index (χ2v) is 8.26. The minimum absolute atomic E-state index is 0.00826. The summed E-state index contributed by atoms with van der Waals surface area (Å²) in [6, 6.07) is 14.2. The summed E-state index contributed by atoms with van der Waals surface area (Å²) in [7, 11) is 0. The molecule has 1 aliphatic rings. The molecule has 3 aromatic rings. The molecule has 2 aromatic carbocycles. The third-order valence-corrected chi connectivity index (χ3v) is 6.01. The zero-order chi connectivity index (χ0) is 18.1. The number of hydrogen-bond donors (Lipinski definition) is 0. The Bertz CT molecular complexity index is 962. The number of thioether (sulfide) groups is 1. The molecule has 0 bridgehead atoms. The Hall–Kier alpha value is -1.85. The Morgan fingerprint density at radius 2 is 2.00 bits per heavy atom. The standard InChI is InChI=1S/C21H18BrNO2S/c1-26-19-5-3-2-4-15(19)10-14-8-9-16(22)11-17(14)20(24)18-12-23-25-21(18)13-6-7-13/h2-5,8-9,11-13H,6-7,10H2,1H3. The van der Waals surface area contributed by atoms with Crippen LogP contribution in [0.4, 0.5) is 0 Å². The van der Waals surface area contributed by atoms with Crippen LogP contribution in [-0.2, 0) is 6.42 Å². The Morgan fingerprint density at radius 1 is 1.19 bits per heavy atom. The molecule has 3 nitrogen and oxygen atoms in total. The molecule has 0 saturated heterocycles. The van der Waals surface area contributed by atoms with Gasteiger partial charge < -0.3 is 4.52 Å². The van der Waals surface area contributed by atoms with Gasteiger partial charge in [-0.15, -0.1) is 11.8 Å². The van der Waals surface area contributed by atoms with Gasteiger partial charge in [0.05, 0.1) is 11.8 Å². The second-order valence-electron chi connectivity index (χ2n) is 6.50. The first kappa shape index (κ1) is 17.6. The van der Waals surface area contributed by atoms with Crippen molar-refractivity contribution in [2.45, 2.75) is 30.1 Å². The van der Waals surface area contributed by atoms with Crippen LogP contribution in [-0.4, -0.2) is 17.2 Å². The van der Waals surface area contributed by atoms with Crippen molar-refractivity contribution in [3.63, 3.8) is 0 Å². The fourth-order valence-corrected chi connectivity index (χ4v) is 4.15. The highest BCUT2D eigenvalue weighted by molar-refractivity contribution is 9.10. The van der Waals surface area contributed by atoms with Gasteiger partial charge in [0.25, 0.3) is 0 Å². The molecule has 0 aliphatic heterocycles. The predicted molar refractivity (Wildman–Crippen MR) is 107 cm³/mol. The number of nitrogens with zero attached hydrogens (tertiary/aromatic N) is 1. The molecule has 0 radical (unpaired) electrons. The smallest absolute Gasteiger partial charge is 0.198 e. The van der Waals surface area contributed by atoms with Crippen LogP contribution in [0, 0.1) is 0 Å². The van der Waals surface area contributed by atoms with E-state index in [0.29, 0.717) is 17.0 Å². The van der Waals surface area contributed by atoms with Gasteiger partial charge in [-0.3, -0.25) is 4.79 Å². The van der Waals surface area contributed by atoms with Gasteiger partial charge in [-0.1, -0.05) is 45.4 Å². The third kappa shape index (κ3) is 3.51. The molecule has 1 heterocycles. The number of carbonyl (C=O) groups excluding carboxylic acids is 1. The van der Waals surface area contributed by atoms with E-state index < -0.39 is 0 Å². The Morgan fingerprint density at radius 3 is 2.77 bits per heavy atom. The summed E-state index contributed by atoms with van der Waals surface area (Å²) < 4.78 is 6.27. The fraction of sp³-hybridized carbons (Fsp3) is 0.238. The highest BCUT2D eigenvalue weighted by Gasteiger charge is 2.33. The quantitative estimate of drug-likeness (QED) is 0.365. The molecular weight excluding hydrogens is 410 g/mol. The summed E-state index contributed by atoms with van der Waals surface area (Å²) in [5.41, 5.74) is 3.55. The Labute approximate surface area is 165 Å². The normalized spacial score (nSPS) is 13.8. The molecule has 0 N–H and O–H groups in total. The highest BCUT2D eigenvalue weighted by atomic mass is 79.9. The molecular formula is C21H18BrNO2S. The second kappa shape index (κ2) is 7.41. The first-order valence-corrected chi connectivity index (χ1v) is 10.6. The van der Waals surface area contributed by atoms with Crippen molar-refractivity contribution >= 4 is 33.5 Å². The van der Waals surface area contributed by atoms with Gasteiger partial charge in [0.15, 0.2) is 11.5 Å². The molecule has 0 spiro atoms. The SMILES string of the molecule is CSc1ccccc1Cc1ccc(Br)cc1C(=O)c1cnoc1C1CC1. The van der Waals surface area contributed by atoms with Crippen molar-refractivity contribution in [1.29, 1.82) is 0 Å². The first-order valence-electron chi connectivity index (χ1n) is 8.57. The predicted octanol–water partition coefficient (Wildman–Crippen LogP) is 5.86. The molecule has 132 valence electrons. The average molecular weight is 428 g/mol. The van der Waals surface area contributed by atoms with Crippen molar-refractivity contribution in [2.75, 3.05) is 6.26 Å². The van der Waals surface area contributed by atoms with Crippen LogP contribution in [0.5, 0.6) is 0 Å². The molecule has 4 rings (SSSR count). The van der Waals surface area contributed by atoms with Crippen molar-refractivity contribution in [3.05, 3.63) is 81.1 Å². The van der Waals surface area contributed by atoms with Crippen LogP contribution in [0.3, 0.4) is 0 Å². The van der Waals surface area contributed by atoms with Crippen LogP contribution in [0.15, 0.2) is 62.6 Å². The van der Waals surface area contributed by atoms with Crippen molar-refractivity contribution in [1.82, 2.24) is 5.16 Å².